The Morgan fingerprint density at radius 2 is 2.27 bits per heavy atom. The average Bonchev–Trinajstić information content (AvgIpc) is 2.05. The Morgan fingerprint density at radius 3 is 2.73 bits per heavy atom. The zero-order valence-electron chi connectivity index (χ0n) is 5.92. The molecular weight excluding hydrogens is 143 g/mol. The van der Waals surface area contributed by atoms with Crippen molar-refractivity contribution in [3.05, 3.63) is 36.4 Å². The number of aliphatic imine (C=N–C) groups is 1. The lowest BCUT2D eigenvalue weighted by Gasteiger charge is -1.95. The van der Waals surface area contributed by atoms with Crippen LogP contribution in [0.25, 0.3) is 5.70 Å². The molecule has 0 radical (unpaired) electrons. The molecule has 0 unspecified atom stereocenters. The fourth-order valence-electron chi connectivity index (χ4n) is 0.628. The van der Waals surface area contributed by atoms with Crippen LogP contribution < -0.4 is 0 Å². The van der Waals surface area contributed by atoms with Crippen molar-refractivity contribution < 1.29 is 4.39 Å². The summed E-state index contributed by atoms with van der Waals surface area (Å²) in [5, 5.41) is 0. The molecule has 1 aromatic rings. The zero-order valence-corrected chi connectivity index (χ0v) is 5.92. The average molecular weight is 150 g/mol. The molecule has 0 saturated heterocycles. The summed E-state index contributed by atoms with van der Waals surface area (Å²) in [5.74, 6) is -0.370. The van der Waals surface area contributed by atoms with Gasteiger partial charge in [0.15, 0.2) is 0 Å². The molecule has 1 rings (SSSR count). The van der Waals surface area contributed by atoms with Crippen LogP contribution in [0.3, 0.4) is 0 Å². The quantitative estimate of drug-likeness (QED) is 0.591. The lowest BCUT2D eigenvalue weighted by Crippen LogP contribution is -1.85. The molecule has 0 aliphatic carbocycles. The fourth-order valence-corrected chi connectivity index (χ4v) is 0.628. The van der Waals surface area contributed by atoms with Crippen LogP contribution in [0.15, 0.2) is 29.9 Å². The van der Waals surface area contributed by atoms with E-state index in [4.69, 9.17) is 0 Å². The van der Waals surface area contributed by atoms with Gasteiger partial charge in [-0.15, -0.1) is 0 Å². The van der Waals surface area contributed by atoms with Gasteiger partial charge in [0, 0.05) is 0 Å². The number of pyridine rings is 1. The van der Waals surface area contributed by atoms with Gasteiger partial charge in [-0.2, -0.15) is 0 Å². The third-order valence-electron chi connectivity index (χ3n) is 1.21. The molecule has 1 heterocycles. The molecule has 1 aromatic heterocycles. The Bertz CT molecular complexity index is 277. The first kappa shape index (κ1) is 7.60. The molecule has 0 N–H and O–H groups in total. The van der Waals surface area contributed by atoms with E-state index in [9.17, 15) is 4.39 Å². The van der Waals surface area contributed by atoms with Gasteiger partial charge < -0.3 is 0 Å². The second-order valence-electron chi connectivity index (χ2n) is 1.97. The second-order valence-corrected chi connectivity index (χ2v) is 1.97. The van der Waals surface area contributed by atoms with Gasteiger partial charge in [0.2, 0.25) is 0 Å². The van der Waals surface area contributed by atoms with E-state index in [2.05, 4.69) is 23.3 Å². The Kier molecular flexibility index (Phi) is 2.11. The van der Waals surface area contributed by atoms with E-state index in [0.29, 0.717) is 11.4 Å². The predicted octanol–water partition coefficient (Wildman–Crippen LogP) is 1.89. The lowest BCUT2D eigenvalue weighted by molar-refractivity contribution is 0.621. The minimum atomic E-state index is -0.370. The van der Waals surface area contributed by atoms with E-state index in [-0.39, 0.29) is 5.82 Å². The summed E-state index contributed by atoms with van der Waals surface area (Å²) in [6.07, 6.45) is 1.12. The Labute approximate surface area is 64.1 Å². The minimum Gasteiger partial charge on any atom is -0.263 e. The van der Waals surface area contributed by atoms with Crippen molar-refractivity contribution >= 4 is 12.4 Å². The minimum absolute atomic E-state index is 0.370. The summed E-state index contributed by atoms with van der Waals surface area (Å²) in [4.78, 5) is 7.30. The Balaban J connectivity index is 2.98. The topological polar surface area (TPSA) is 25.2 Å². The highest BCUT2D eigenvalue weighted by Crippen LogP contribution is 2.09. The molecule has 0 aliphatic heterocycles. The number of halogens is 1. The van der Waals surface area contributed by atoms with Crippen molar-refractivity contribution in [2.45, 2.75) is 0 Å². The van der Waals surface area contributed by atoms with E-state index in [1.807, 2.05) is 0 Å². The lowest BCUT2D eigenvalue weighted by atomic mass is 10.3. The van der Waals surface area contributed by atoms with Crippen LogP contribution in [-0.2, 0) is 0 Å². The third-order valence-corrected chi connectivity index (χ3v) is 1.21. The molecular formula is C8H7FN2. The molecule has 0 aliphatic rings. The van der Waals surface area contributed by atoms with Crippen LogP contribution in [0.2, 0.25) is 0 Å². The van der Waals surface area contributed by atoms with Crippen molar-refractivity contribution in [1.82, 2.24) is 4.98 Å². The van der Waals surface area contributed by atoms with E-state index >= 15 is 0 Å². The highest BCUT2D eigenvalue weighted by Gasteiger charge is 1.96. The van der Waals surface area contributed by atoms with Crippen LogP contribution in [0, 0.1) is 5.82 Å². The first-order valence-electron chi connectivity index (χ1n) is 3.01. The van der Waals surface area contributed by atoms with Gasteiger partial charge in [-0.05, 0) is 18.9 Å². The maximum absolute atomic E-state index is 12.3. The van der Waals surface area contributed by atoms with E-state index in [1.54, 1.807) is 0 Å². The number of rotatable bonds is 2. The molecule has 56 valence electrons. The normalized spacial score (nSPS) is 9.18. The number of aromatic nitrogens is 1. The number of hydrogen-bond acceptors (Lipinski definition) is 2. The maximum Gasteiger partial charge on any atom is 0.141 e. The molecule has 0 spiro atoms. The molecule has 0 fully saturated rings. The summed E-state index contributed by atoms with van der Waals surface area (Å²) in [7, 11) is 0. The first-order chi connectivity index (χ1) is 5.24. The molecule has 2 nitrogen and oxygen atoms in total. The summed E-state index contributed by atoms with van der Waals surface area (Å²) >= 11 is 0. The third kappa shape index (κ3) is 1.70. The van der Waals surface area contributed by atoms with Gasteiger partial charge in [0.1, 0.15) is 5.82 Å². The fraction of sp³-hybridized carbons (Fsp3) is 0. The van der Waals surface area contributed by atoms with Crippen LogP contribution in [-0.4, -0.2) is 11.7 Å². The van der Waals surface area contributed by atoms with Crippen molar-refractivity contribution in [1.29, 1.82) is 0 Å². The molecule has 0 atom stereocenters. The molecule has 0 saturated carbocycles. The first-order valence-corrected chi connectivity index (χ1v) is 3.01. The van der Waals surface area contributed by atoms with Crippen LogP contribution >= 0.6 is 0 Å². The van der Waals surface area contributed by atoms with E-state index in [0.717, 1.165) is 6.20 Å². The molecule has 0 amide bonds. The summed E-state index contributed by atoms with van der Waals surface area (Å²) < 4.78 is 12.3. The largest absolute Gasteiger partial charge is 0.263 e. The monoisotopic (exact) mass is 150 g/mol. The predicted molar refractivity (Wildman–Crippen MR) is 42.8 cm³/mol. The van der Waals surface area contributed by atoms with Crippen LogP contribution in [0.5, 0.6) is 0 Å². The Morgan fingerprint density at radius 1 is 1.55 bits per heavy atom. The van der Waals surface area contributed by atoms with E-state index < -0.39 is 0 Å². The highest BCUT2D eigenvalue weighted by atomic mass is 19.1. The smallest absolute Gasteiger partial charge is 0.141 e. The van der Waals surface area contributed by atoms with E-state index in [1.165, 1.54) is 12.1 Å². The van der Waals surface area contributed by atoms with Gasteiger partial charge in [-0.25, -0.2) is 4.39 Å². The van der Waals surface area contributed by atoms with Gasteiger partial charge in [0.25, 0.3) is 0 Å². The van der Waals surface area contributed by atoms with Crippen LogP contribution in [0.4, 0.5) is 4.39 Å². The van der Waals surface area contributed by atoms with Gasteiger partial charge in [0.05, 0.1) is 17.6 Å². The maximum atomic E-state index is 12.3. The molecule has 0 bridgehead atoms. The SMILES string of the molecule is C=NC(=C)c1ccc(F)cn1. The molecule has 11 heavy (non-hydrogen) atoms. The van der Waals surface area contributed by atoms with Gasteiger partial charge >= 0.3 is 0 Å². The summed E-state index contributed by atoms with van der Waals surface area (Å²) in [6, 6.07) is 2.81. The zero-order chi connectivity index (χ0) is 8.27. The number of hydrogen-bond donors (Lipinski definition) is 0. The molecule has 0 aromatic carbocycles. The molecule has 3 heteroatoms. The standard InChI is InChI=1S/C8H7FN2/c1-6(10-2)8-4-3-7(9)5-11-8/h3-5H,1-2H2. The van der Waals surface area contributed by atoms with Gasteiger partial charge in [-0.1, -0.05) is 6.58 Å². The van der Waals surface area contributed by atoms with Crippen molar-refractivity contribution in [3.63, 3.8) is 0 Å². The van der Waals surface area contributed by atoms with Crippen molar-refractivity contribution in [2.24, 2.45) is 4.99 Å². The summed E-state index contributed by atoms with van der Waals surface area (Å²) in [5.41, 5.74) is 0.992. The Hall–Kier alpha value is -1.51. The highest BCUT2D eigenvalue weighted by molar-refractivity contribution is 5.62. The van der Waals surface area contributed by atoms with Crippen molar-refractivity contribution in [3.8, 4) is 0 Å². The van der Waals surface area contributed by atoms with Crippen LogP contribution in [0.1, 0.15) is 5.69 Å². The van der Waals surface area contributed by atoms with Crippen molar-refractivity contribution in [2.75, 3.05) is 0 Å². The number of nitrogens with zero attached hydrogens (tertiary/aromatic N) is 2. The van der Waals surface area contributed by atoms with Gasteiger partial charge in [-0.3, -0.25) is 9.98 Å². The summed E-state index contributed by atoms with van der Waals surface area (Å²) in [6.45, 7) is 6.84. The second kappa shape index (κ2) is 3.05.